The molecule has 1 atom stereocenters. The highest BCUT2D eigenvalue weighted by Gasteiger charge is 2.15. The molecule has 0 radical (unpaired) electrons. The number of fused-ring (bicyclic) bond motifs is 1. The lowest BCUT2D eigenvalue weighted by Crippen LogP contribution is -2.34. The second kappa shape index (κ2) is 7.13. The number of amides is 1. The molecular weight excluding hydrogens is 248 g/mol. The molecule has 1 aromatic carbocycles. The highest BCUT2D eigenvalue weighted by Crippen LogP contribution is 2.18. The van der Waals surface area contributed by atoms with E-state index in [9.17, 15) is 4.79 Å². The van der Waals surface area contributed by atoms with Crippen LogP contribution in [0.1, 0.15) is 56.3 Å². The van der Waals surface area contributed by atoms with E-state index in [1.807, 2.05) is 30.5 Å². The van der Waals surface area contributed by atoms with Crippen LogP contribution in [-0.2, 0) is 0 Å². The van der Waals surface area contributed by atoms with Crippen molar-refractivity contribution in [2.75, 3.05) is 0 Å². The molecule has 0 fully saturated rings. The molecule has 1 amide bonds. The summed E-state index contributed by atoms with van der Waals surface area (Å²) in [4.78, 5) is 15.6. The molecule has 0 aliphatic rings. The summed E-state index contributed by atoms with van der Waals surface area (Å²) in [6, 6.07) is 8.07. The van der Waals surface area contributed by atoms with E-state index in [-0.39, 0.29) is 5.91 Å². The van der Waals surface area contributed by atoms with Crippen LogP contribution in [0.3, 0.4) is 0 Å². The van der Waals surface area contributed by atoms with E-state index in [2.05, 4.69) is 24.1 Å². The van der Waals surface area contributed by atoms with Crippen molar-refractivity contribution in [2.45, 2.75) is 52.0 Å². The summed E-state index contributed by atoms with van der Waals surface area (Å²) >= 11 is 0. The normalized spacial score (nSPS) is 12.5. The summed E-state index contributed by atoms with van der Waals surface area (Å²) in [5.74, 6) is 0.0461. The number of hydrogen-bond acceptors (Lipinski definition) is 1. The van der Waals surface area contributed by atoms with E-state index in [0.29, 0.717) is 6.04 Å². The first-order chi connectivity index (χ1) is 9.76. The molecule has 0 saturated carbocycles. The Kier molecular flexibility index (Phi) is 5.22. The molecule has 2 rings (SSSR count). The molecule has 0 spiro atoms. The lowest BCUT2D eigenvalue weighted by molar-refractivity contribution is 0.0934. The number of benzene rings is 1. The van der Waals surface area contributed by atoms with Crippen molar-refractivity contribution in [3.8, 4) is 0 Å². The first-order valence-corrected chi connectivity index (χ1v) is 7.63. The number of hydrogen-bond donors (Lipinski definition) is 2. The second-order valence-electron chi connectivity index (χ2n) is 5.35. The number of rotatable bonds is 7. The van der Waals surface area contributed by atoms with Crippen LogP contribution in [0.5, 0.6) is 0 Å². The lowest BCUT2D eigenvalue weighted by Gasteiger charge is -2.18. The topological polar surface area (TPSA) is 44.9 Å². The van der Waals surface area contributed by atoms with Crippen LogP contribution in [0.4, 0.5) is 0 Å². The molecule has 2 aromatic rings. The Morgan fingerprint density at radius 3 is 2.80 bits per heavy atom. The van der Waals surface area contributed by atoms with Crippen molar-refractivity contribution in [2.24, 2.45) is 0 Å². The fraction of sp³-hybridized carbons (Fsp3) is 0.471. The minimum atomic E-state index is 0.0461. The Morgan fingerprint density at radius 2 is 2.05 bits per heavy atom. The van der Waals surface area contributed by atoms with E-state index in [0.717, 1.165) is 35.7 Å². The maximum Gasteiger partial charge on any atom is 0.252 e. The Bertz CT molecular complexity index is 559. The Hall–Kier alpha value is -1.77. The maximum atomic E-state index is 12.5. The van der Waals surface area contributed by atoms with Gasteiger partial charge in [-0.25, -0.2) is 0 Å². The van der Waals surface area contributed by atoms with Gasteiger partial charge in [-0.2, -0.15) is 0 Å². The molecule has 0 aliphatic heterocycles. The van der Waals surface area contributed by atoms with Gasteiger partial charge in [0, 0.05) is 28.7 Å². The molecular formula is C17H24N2O. The van der Waals surface area contributed by atoms with Gasteiger partial charge in [0.15, 0.2) is 0 Å². The van der Waals surface area contributed by atoms with Crippen LogP contribution in [0.15, 0.2) is 30.5 Å². The Morgan fingerprint density at radius 1 is 1.20 bits per heavy atom. The van der Waals surface area contributed by atoms with Crippen molar-refractivity contribution in [1.82, 2.24) is 10.3 Å². The van der Waals surface area contributed by atoms with Crippen LogP contribution in [-0.4, -0.2) is 16.9 Å². The zero-order valence-electron chi connectivity index (χ0n) is 12.4. The van der Waals surface area contributed by atoms with E-state index >= 15 is 0 Å². The van der Waals surface area contributed by atoms with Gasteiger partial charge in [0.2, 0.25) is 0 Å². The molecule has 108 valence electrons. The first kappa shape index (κ1) is 14.6. The predicted octanol–water partition coefficient (Wildman–Crippen LogP) is 4.26. The average molecular weight is 272 g/mol. The van der Waals surface area contributed by atoms with Crippen molar-refractivity contribution in [3.63, 3.8) is 0 Å². The number of unbranched alkanes of at least 4 members (excludes halogenated alkanes) is 1. The second-order valence-corrected chi connectivity index (χ2v) is 5.35. The quantitative estimate of drug-likeness (QED) is 0.777. The summed E-state index contributed by atoms with van der Waals surface area (Å²) in [5.41, 5.74) is 1.78. The highest BCUT2D eigenvalue weighted by atomic mass is 16.1. The van der Waals surface area contributed by atoms with Gasteiger partial charge in [-0.15, -0.1) is 0 Å². The number of aromatic amines is 1. The summed E-state index contributed by atoms with van der Waals surface area (Å²) < 4.78 is 0. The molecule has 3 nitrogen and oxygen atoms in total. The van der Waals surface area contributed by atoms with Crippen LogP contribution < -0.4 is 5.32 Å². The molecule has 20 heavy (non-hydrogen) atoms. The summed E-state index contributed by atoms with van der Waals surface area (Å²) in [6.45, 7) is 4.35. The fourth-order valence-electron chi connectivity index (χ4n) is 2.63. The van der Waals surface area contributed by atoms with Crippen molar-refractivity contribution in [3.05, 3.63) is 36.0 Å². The average Bonchev–Trinajstić information content (AvgIpc) is 2.93. The van der Waals surface area contributed by atoms with E-state index in [1.54, 1.807) is 0 Å². The monoisotopic (exact) mass is 272 g/mol. The number of carbonyl (C=O) groups is 1. The van der Waals surface area contributed by atoms with E-state index < -0.39 is 0 Å². The summed E-state index contributed by atoms with van der Waals surface area (Å²) in [5, 5.41) is 4.19. The van der Waals surface area contributed by atoms with Crippen LogP contribution in [0.25, 0.3) is 10.9 Å². The van der Waals surface area contributed by atoms with Gasteiger partial charge >= 0.3 is 0 Å². The van der Waals surface area contributed by atoms with E-state index in [4.69, 9.17) is 0 Å². The lowest BCUT2D eigenvalue weighted by atomic mass is 10.0. The van der Waals surface area contributed by atoms with Crippen molar-refractivity contribution in [1.29, 1.82) is 0 Å². The molecule has 0 aliphatic carbocycles. The zero-order chi connectivity index (χ0) is 14.4. The van der Waals surface area contributed by atoms with Gasteiger partial charge in [0.25, 0.3) is 5.91 Å². The van der Waals surface area contributed by atoms with Crippen LogP contribution in [0, 0.1) is 0 Å². The molecule has 1 unspecified atom stereocenters. The SMILES string of the molecule is CCCCC(CCC)NC(=O)c1cccc2[nH]ccc12. The molecule has 1 heterocycles. The summed E-state index contributed by atoms with van der Waals surface area (Å²) in [6.07, 6.45) is 7.43. The number of aromatic nitrogens is 1. The third-order valence-electron chi connectivity index (χ3n) is 3.72. The summed E-state index contributed by atoms with van der Waals surface area (Å²) in [7, 11) is 0. The predicted molar refractivity (Wildman–Crippen MR) is 84.0 cm³/mol. The largest absolute Gasteiger partial charge is 0.361 e. The van der Waals surface area contributed by atoms with Gasteiger partial charge in [-0.05, 0) is 31.0 Å². The molecule has 2 N–H and O–H groups in total. The Balaban J connectivity index is 2.11. The van der Waals surface area contributed by atoms with Crippen molar-refractivity contribution < 1.29 is 4.79 Å². The molecule has 0 saturated heterocycles. The third-order valence-corrected chi connectivity index (χ3v) is 3.72. The Labute approximate surface area is 120 Å². The minimum Gasteiger partial charge on any atom is -0.361 e. The number of carbonyl (C=O) groups excluding carboxylic acids is 1. The number of H-pyrrole nitrogens is 1. The smallest absolute Gasteiger partial charge is 0.252 e. The first-order valence-electron chi connectivity index (χ1n) is 7.63. The minimum absolute atomic E-state index is 0.0461. The van der Waals surface area contributed by atoms with Gasteiger partial charge in [0.05, 0.1) is 0 Å². The maximum absolute atomic E-state index is 12.5. The van der Waals surface area contributed by atoms with Gasteiger partial charge in [0.1, 0.15) is 0 Å². The van der Waals surface area contributed by atoms with E-state index in [1.165, 1.54) is 12.8 Å². The standard InChI is InChI=1S/C17H24N2O/c1-3-5-8-13(7-4-2)19-17(20)15-9-6-10-16-14(15)11-12-18-16/h6,9-13,18H,3-5,7-8H2,1-2H3,(H,19,20). The fourth-order valence-corrected chi connectivity index (χ4v) is 2.63. The highest BCUT2D eigenvalue weighted by molar-refractivity contribution is 6.06. The van der Waals surface area contributed by atoms with Gasteiger partial charge < -0.3 is 10.3 Å². The third kappa shape index (κ3) is 3.41. The molecule has 0 bridgehead atoms. The van der Waals surface area contributed by atoms with Crippen molar-refractivity contribution >= 4 is 16.8 Å². The molecule has 3 heteroatoms. The van der Waals surface area contributed by atoms with Gasteiger partial charge in [-0.3, -0.25) is 4.79 Å². The van der Waals surface area contributed by atoms with Crippen LogP contribution in [0.2, 0.25) is 0 Å². The zero-order valence-corrected chi connectivity index (χ0v) is 12.4. The van der Waals surface area contributed by atoms with Gasteiger partial charge in [-0.1, -0.05) is 39.2 Å². The number of nitrogens with one attached hydrogen (secondary N) is 2. The molecule has 1 aromatic heterocycles. The van der Waals surface area contributed by atoms with Crippen LogP contribution >= 0.6 is 0 Å².